The molecule has 0 spiro atoms. The Bertz CT molecular complexity index is 820. The van der Waals surface area contributed by atoms with E-state index in [1.165, 1.54) is 6.07 Å². The maximum Gasteiger partial charge on any atom is 0.198 e. The predicted octanol–water partition coefficient (Wildman–Crippen LogP) is 3.99. The molecule has 2 aromatic carbocycles. The van der Waals surface area contributed by atoms with Gasteiger partial charge >= 0.3 is 0 Å². The lowest BCUT2D eigenvalue weighted by Crippen LogP contribution is -2.04. The summed E-state index contributed by atoms with van der Waals surface area (Å²) in [6.45, 7) is 1.92. The van der Waals surface area contributed by atoms with Crippen LogP contribution in [0.4, 0.5) is 8.78 Å². The van der Waals surface area contributed by atoms with Crippen molar-refractivity contribution in [1.82, 2.24) is 4.98 Å². The van der Waals surface area contributed by atoms with Gasteiger partial charge < -0.3 is 4.98 Å². The highest BCUT2D eigenvalue weighted by Gasteiger charge is 2.18. The molecule has 0 aliphatic carbocycles. The highest BCUT2D eigenvalue weighted by atomic mass is 19.1. The van der Waals surface area contributed by atoms with Gasteiger partial charge in [-0.2, -0.15) is 0 Å². The van der Waals surface area contributed by atoms with Crippen LogP contribution in [0.25, 0.3) is 10.9 Å². The Hall–Kier alpha value is -2.49. The smallest absolute Gasteiger partial charge is 0.198 e. The Balaban J connectivity index is 2.15. The first kappa shape index (κ1) is 12.5. The topological polar surface area (TPSA) is 32.9 Å². The van der Waals surface area contributed by atoms with Crippen LogP contribution in [0, 0.1) is 18.6 Å². The standard InChI is InChI=1S/C16H11F2NO/c1-9-2-5-15-12(6-9)13(8-19-15)16(20)11-4-3-10(17)7-14(11)18/h2-8,19H,1H3. The molecule has 0 unspecified atom stereocenters. The molecule has 3 rings (SSSR count). The van der Waals surface area contributed by atoms with E-state index >= 15 is 0 Å². The zero-order chi connectivity index (χ0) is 14.3. The molecule has 1 N–H and O–H groups in total. The number of aryl methyl sites for hydroxylation is 1. The molecule has 0 saturated heterocycles. The number of H-pyrrole nitrogens is 1. The summed E-state index contributed by atoms with van der Waals surface area (Å²) in [5, 5.41) is 0.735. The van der Waals surface area contributed by atoms with Gasteiger partial charge in [0.2, 0.25) is 0 Å². The van der Waals surface area contributed by atoms with Gasteiger partial charge in [-0.05, 0) is 31.2 Å². The van der Waals surface area contributed by atoms with E-state index < -0.39 is 17.4 Å². The van der Waals surface area contributed by atoms with Crippen molar-refractivity contribution in [3.05, 3.63) is 70.9 Å². The molecule has 0 aliphatic rings. The molecule has 3 aromatic rings. The molecule has 0 fully saturated rings. The molecular formula is C16H11F2NO. The number of aromatic amines is 1. The first-order valence-electron chi connectivity index (χ1n) is 6.14. The van der Waals surface area contributed by atoms with Crippen molar-refractivity contribution < 1.29 is 13.6 Å². The van der Waals surface area contributed by atoms with Crippen LogP contribution in [-0.2, 0) is 0 Å². The zero-order valence-electron chi connectivity index (χ0n) is 10.7. The van der Waals surface area contributed by atoms with Crippen molar-refractivity contribution in [2.75, 3.05) is 0 Å². The Kier molecular flexibility index (Phi) is 2.86. The fourth-order valence-electron chi connectivity index (χ4n) is 2.24. The van der Waals surface area contributed by atoms with E-state index in [4.69, 9.17) is 0 Å². The summed E-state index contributed by atoms with van der Waals surface area (Å²) in [7, 11) is 0. The summed E-state index contributed by atoms with van der Waals surface area (Å²) in [5.74, 6) is -2.01. The Morgan fingerprint density at radius 3 is 2.60 bits per heavy atom. The summed E-state index contributed by atoms with van der Waals surface area (Å²) in [4.78, 5) is 15.4. The van der Waals surface area contributed by atoms with Crippen LogP contribution in [-0.4, -0.2) is 10.8 Å². The summed E-state index contributed by atoms with van der Waals surface area (Å²) in [5.41, 5.74) is 2.07. The second-order valence-corrected chi connectivity index (χ2v) is 4.70. The predicted molar refractivity (Wildman–Crippen MR) is 72.8 cm³/mol. The van der Waals surface area contributed by atoms with Crippen molar-refractivity contribution in [1.29, 1.82) is 0 Å². The minimum atomic E-state index is -0.850. The minimum absolute atomic E-state index is 0.131. The molecule has 0 saturated carbocycles. The number of fused-ring (bicyclic) bond motifs is 1. The molecule has 2 nitrogen and oxygen atoms in total. The number of hydrogen-bond donors (Lipinski definition) is 1. The van der Waals surface area contributed by atoms with Gasteiger partial charge in [-0.1, -0.05) is 11.6 Å². The van der Waals surface area contributed by atoms with Crippen LogP contribution in [0.1, 0.15) is 21.5 Å². The van der Waals surface area contributed by atoms with Crippen LogP contribution < -0.4 is 0 Å². The number of hydrogen-bond acceptors (Lipinski definition) is 1. The second-order valence-electron chi connectivity index (χ2n) is 4.70. The van der Waals surface area contributed by atoms with Gasteiger partial charge in [0, 0.05) is 28.7 Å². The minimum Gasteiger partial charge on any atom is -0.360 e. The van der Waals surface area contributed by atoms with Crippen molar-refractivity contribution in [2.24, 2.45) is 0 Å². The third-order valence-electron chi connectivity index (χ3n) is 3.26. The number of aromatic nitrogens is 1. The normalized spacial score (nSPS) is 10.9. The van der Waals surface area contributed by atoms with Crippen molar-refractivity contribution >= 4 is 16.7 Å². The van der Waals surface area contributed by atoms with E-state index in [1.54, 1.807) is 6.20 Å². The summed E-state index contributed by atoms with van der Waals surface area (Å²) < 4.78 is 26.6. The second kappa shape index (κ2) is 4.56. The third-order valence-corrected chi connectivity index (χ3v) is 3.26. The van der Waals surface area contributed by atoms with Crippen LogP contribution in [0.15, 0.2) is 42.6 Å². The lowest BCUT2D eigenvalue weighted by molar-refractivity contribution is 0.103. The highest BCUT2D eigenvalue weighted by molar-refractivity contribution is 6.16. The van der Waals surface area contributed by atoms with E-state index in [0.717, 1.165) is 22.5 Å². The molecule has 0 bridgehead atoms. The average Bonchev–Trinajstić information content (AvgIpc) is 2.81. The van der Waals surface area contributed by atoms with Gasteiger partial charge in [0.1, 0.15) is 11.6 Å². The molecule has 100 valence electrons. The molecule has 0 amide bonds. The Labute approximate surface area is 114 Å². The fourth-order valence-corrected chi connectivity index (χ4v) is 2.24. The van der Waals surface area contributed by atoms with Crippen LogP contribution in [0.3, 0.4) is 0 Å². The van der Waals surface area contributed by atoms with E-state index in [1.807, 2.05) is 25.1 Å². The lowest BCUT2D eigenvalue weighted by Gasteiger charge is -2.02. The number of nitrogens with one attached hydrogen (secondary N) is 1. The van der Waals surface area contributed by atoms with E-state index in [-0.39, 0.29) is 5.56 Å². The van der Waals surface area contributed by atoms with Gasteiger partial charge in [-0.15, -0.1) is 0 Å². The van der Waals surface area contributed by atoms with E-state index in [2.05, 4.69) is 4.98 Å². The summed E-state index contributed by atoms with van der Waals surface area (Å²) in [6.07, 6.45) is 1.55. The number of halogens is 2. The van der Waals surface area contributed by atoms with Gasteiger partial charge in [0.05, 0.1) is 5.56 Å². The molecule has 4 heteroatoms. The zero-order valence-corrected chi connectivity index (χ0v) is 10.7. The number of carbonyl (C=O) groups is 1. The number of rotatable bonds is 2. The molecule has 20 heavy (non-hydrogen) atoms. The molecule has 0 aliphatic heterocycles. The summed E-state index contributed by atoms with van der Waals surface area (Å²) >= 11 is 0. The highest BCUT2D eigenvalue weighted by Crippen LogP contribution is 2.23. The van der Waals surface area contributed by atoms with Gasteiger partial charge in [-0.3, -0.25) is 4.79 Å². The van der Waals surface area contributed by atoms with E-state index in [9.17, 15) is 13.6 Å². The molecule has 0 radical (unpaired) electrons. The maximum atomic E-state index is 13.7. The number of ketones is 1. The lowest BCUT2D eigenvalue weighted by atomic mass is 10.0. The first-order valence-corrected chi connectivity index (χ1v) is 6.14. The SMILES string of the molecule is Cc1ccc2[nH]cc(C(=O)c3ccc(F)cc3F)c2c1. The largest absolute Gasteiger partial charge is 0.360 e. The molecule has 1 aromatic heterocycles. The van der Waals surface area contributed by atoms with Crippen LogP contribution in [0.2, 0.25) is 0 Å². The van der Waals surface area contributed by atoms with Crippen molar-refractivity contribution in [3.8, 4) is 0 Å². The fraction of sp³-hybridized carbons (Fsp3) is 0.0625. The quantitative estimate of drug-likeness (QED) is 0.702. The molecule has 1 heterocycles. The molecular weight excluding hydrogens is 260 g/mol. The van der Waals surface area contributed by atoms with Crippen molar-refractivity contribution in [3.63, 3.8) is 0 Å². The van der Waals surface area contributed by atoms with Crippen molar-refractivity contribution in [2.45, 2.75) is 6.92 Å². The average molecular weight is 271 g/mol. The number of carbonyl (C=O) groups excluding carboxylic acids is 1. The number of benzene rings is 2. The van der Waals surface area contributed by atoms with Gasteiger partial charge in [-0.25, -0.2) is 8.78 Å². The van der Waals surface area contributed by atoms with Crippen LogP contribution in [0.5, 0.6) is 0 Å². The third kappa shape index (κ3) is 1.99. The monoisotopic (exact) mass is 271 g/mol. The Morgan fingerprint density at radius 1 is 1.05 bits per heavy atom. The van der Waals surface area contributed by atoms with Crippen LogP contribution >= 0.6 is 0 Å². The Morgan fingerprint density at radius 2 is 1.85 bits per heavy atom. The maximum absolute atomic E-state index is 13.7. The van der Waals surface area contributed by atoms with Gasteiger partial charge in [0.25, 0.3) is 0 Å². The van der Waals surface area contributed by atoms with Gasteiger partial charge in [0.15, 0.2) is 5.78 Å². The van der Waals surface area contributed by atoms with E-state index in [0.29, 0.717) is 11.6 Å². The first-order chi connectivity index (χ1) is 9.56. The molecule has 0 atom stereocenters. The summed E-state index contributed by atoms with van der Waals surface area (Å²) in [6, 6.07) is 8.61.